The van der Waals surface area contributed by atoms with Crippen LogP contribution in [0.25, 0.3) is 0 Å². The Labute approximate surface area is 208 Å². The minimum atomic E-state index is -0.284. The summed E-state index contributed by atoms with van der Waals surface area (Å²) >= 11 is 7.70. The molecule has 7 nitrogen and oxygen atoms in total. The first-order chi connectivity index (χ1) is 16.6. The molecule has 3 aromatic rings. The first kappa shape index (κ1) is 24.1. The zero-order valence-corrected chi connectivity index (χ0v) is 20.4. The standard InChI is InChI=1S/C25H28ClN5O2S/c26-20-5-2-7-22(17-20)31-13-11-30(12-14-31)10-9-27-25(33)29-21-6-1-4-19(16-21)24(32)28-18-23-8-3-15-34-23/h1-8,15-17H,9-14,18H2,(H,28,32)(H2,27,29,33). The number of thiophene rings is 1. The third-order valence-corrected chi connectivity index (χ3v) is 6.76. The molecule has 34 heavy (non-hydrogen) atoms. The second-order valence-electron chi connectivity index (χ2n) is 8.03. The molecular formula is C25H28ClN5O2S. The van der Waals surface area contributed by atoms with Crippen molar-refractivity contribution in [3.8, 4) is 0 Å². The molecule has 3 N–H and O–H groups in total. The number of nitrogens with one attached hydrogen (secondary N) is 3. The number of anilines is 2. The van der Waals surface area contributed by atoms with E-state index in [1.165, 1.54) is 0 Å². The molecule has 0 unspecified atom stereocenters. The average Bonchev–Trinajstić information content (AvgIpc) is 3.37. The van der Waals surface area contributed by atoms with Crippen molar-refractivity contribution >= 4 is 46.3 Å². The van der Waals surface area contributed by atoms with Gasteiger partial charge in [0.2, 0.25) is 0 Å². The van der Waals surface area contributed by atoms with Gasteiger partial charge in [0.05, 0.1) is 6.54 Å². The van der Waals surface area contributed by atoms with Crippen molar-refractivity contribution in [1.82, 2.24) is 15.5 Å². The maximum Gasteiger partial charge on any atom is 0.319 e. The lowest BCUT2D eigenvalue weighted by atomic mass is 10.2. The lowest BCUT2D eigenvalue weighted by Gasteiger charge is -2.36. The minimum absolute atomic E-state index is 0.172. The lowest BCUT2D eigenvalue weighted by Crippen LogP contribution is -2.48. The number of nitrogens with zero attached hydrogens (tertiary/aromatic N) is 2. The summed E-state index contributed by atoms with van der Waals surface area (Å²) in [6, 6.07) is 18.5. The highest BCUT2D eigenvalue weighted by Crippen LogP contribution is 2.20. The SMILES string of the molecule is O=C(NCCN1CCN(c2cccc(Cl)c2)CC1)Nc1cccc(C(=O)NCc2cccs2)c1. The Morgan fingerprint density at radius 1 is 0.941 bits per heavy atom. The van der Waals surface area contributed by atoms with Gasteiger partial charge in [0.1, 0.15) is 0 Å². The van der Waals surface area contributed by atoms with Gasteiger partial charge in [0.25, 0.3) is 5.91 Å². The van der Waals surface area contributed by atoms with Crippen LogP contribution >= 0.6 is 22.9 Å². The molecule has 0 spiro atoms. The van der Waals surface area contributed by atoms with Crippen LogP contribution in [0, 0.1) is 0 Å². The maximum absolute atomic E-state index is 12.4. The average molecular weight is 498 g/mol. The molecule has 1 fully saturated rings. The summed E-state index contributed by atoms with van der Waals surface area (Å²) in [6.45, 7) is 5.52. The number of piperazine rings is 1. The third-order valence-electron chi connectivity index (χ3n) is 5.65. The fraction of sp³-hybridized carbons (Fsp3) is 0.280. The summed E-state index contributed by atoms with van der Waals surface area (Å²) in [7, 11) is 0. The van der Waals surface area contributed by atoms with Gasteiger partial charge in [-0.25, -0.2) is 4.79 Å². The number of amides is 3. The molecule has 0 radical (unpaired) electrons. The highest BCUT2D eigenvalue weighted by atomic mass is 35.5. The van der Waals surface area contributed by atoms with Crippen LogP contribution in [0.1, 0.15) is 15.2 Å². The molecule has 1 aromatic heterocycles. The number of rotatable bonds is 8. The topological polar surface area (TPSA) is 76.7 Å². The van der Waals surface area contributed by atoms with Crippen LogP contribution in [0.3, 0.4) is 0 Å². The molecule has 0 bridgehead atoms. The minimum Gasteiger partial charge on any atom is -0.369 e. The van der Waals surface area contributed by atoms with E-state index >= 15 is 0 Å². The van der Waals surface area contributed by atoms with Gasteiger partial charge in [0.15, 0.2) is 0 Å². The Morgan fingerprint density at radius 3 is 2.53 bits per heavy atom. The van der Waals surface area contributed by atoms with Gasteiger partial charge in [-0.2, -0.15) is 0 Å². The van der Waals surface area contributed by atoms with Gasteiger partial charge in [-0.05, 0) is 47.8 Å². The molecule has 0 saturated carbocycles. The number of halogens is 1. The van der Waals surface area contributed by atoms with E-state index in [0.717, 1.165) is 48.3 Å². The van der Waals surface area contributed by atoms with Crippen molar-refractivity contribution in [2.24, 2.45) is 0 Å². The fourth-order valence-corrected chi connectivity index (χ4v) is 4.66. The van der Waals surface area contributed by atoms with E-state index in [1.807, 2.05) is 35.7 Å². The van der Waals surface area contributed by atoms with Gasteiger partial charge in [-0.1, -0.05) is 29.8 Å². The number of hydrogen-bond acceptors (Lipinski definition) is 5. The van der Waals surface area contributed by atoms with E-state index in [2.05, 4.69) is 31.8 Å². The van der Waals surface area contributed by atoms with Gasteiger partial charge < -0.3 is 20.9 Å². The predicted octanol–water partition coefficient (Wildman–Crippen LogP) is 4.28. The summed E-state index contributed by atoms with van der Waals surface area (Å²) in [5.74, 6) is -0.172. The van der Waals surface area contributed by atoms with Crippen molar-refractivity contribution in [2.45, 2.75) is 6.54 Å². The van der Waals surface area contributed by atoms with Crippen LogP contribution in [0.2, 0.25) is 5.02 Å². The highest BCUT2D eigenvalue weighted by Gasteiger charge is 2.17. The van der Waals surface area contributed by atoms with Gasteiger partial charge >= 0.3 is 6.03 Å². The summed E-state index contributed by atoms with van der Waals surface area (Å²) in [6.07, 6.45) is 0. The van der Waals surface area contributed by atoms with Gasteiger partial charge in [-0.15, -0.1) is 11.3 Å². The van der Waals surface area contributed by atoms with E-state index in [1.54, 1.807) is 35.6 Å². The Morgan fingerprint density at radius 2 is 1.76 bits per heavy atom. The number of urea groups is 1. The Kier molecular flexibility index (Phi) is 8.41. The molecule has 1 aliphatic rings. The van der Waals surface area contributed by atoms with E-state index in [9.17, 15) is 9.59 Å². The van der Waals surface area contributed by atoms with Crippen LogP contribution in [-0.2, 0) is 6.54 Å². The molecule has 1 saturated heterocycles. The van der Waals surface area contributed by atoms with Crippen molar-refractivity contribution in [2.75, 3.05) is 49.5 Å². The quantitative estimate of drug-likeness (QED) is 0.434. The summed E-state index contributed by atoms with van der Waals surface area (Å²) in [4.78, 5) is 30.5. The Hall–Kier alpha value is -3.07. The van der Waals surface area contributed by atoms with E-state index < -0.39 is 0 Å². The van der Waals surface area contributed by atoms with Crippen LogP contribution in [0.15, 0.2) is 66.0 Å². The highest BCUT2D eigenvalue weighted by molar-refractivity contribution is 7.09. The second kappa shape index (κ2) is 11.9. The Balaban J connectivity index is 1.17. The van der Waals surface area contributed by atoms with Crippen molar-refractivity contribution in [3.63, 3.8) is 0 Å². The molecule has 2 aromatic carbocycles. The first-order valence-electron chi connectivity index (χ1n) is 11.3. The molecule has 178 valence electrons. The zero-order valence-electron chi connectivity index (χ0n) is 18.8. The van der Waals surface area contributed by atoms with Crippen LogP contribution in [0.5, 0.6) is 0 Å². The third kappa shape index (κ3) is 6.96. The molecule has 3 amide bonds. The lowest BCUT2D eigenvalue weighted by molar-refractivity contribution is 0.0951. The normalized spacial score (nSPS) is 14.0. The fourth-order valence-electron chi connectivity index (χ4n) is 3.83. The maximum atomic E-state index is 12.4. The van der Waals surface area contributed by atoms with Crippen LogP contribution in [-0.4, -0.2) is 56.1 Å². The summed E-state index contributed by atoms with van der Waals surface area (Å²) in [5, 5.41) is 11.3. The molecule has 1 aliphatic heterocycles. The monoisotopic (exact) mass is 497 g/mol. The number of carbonyl (C=O) groups excluding carboxylic acids is 2. The largest absolute Gasteiger partial charge is 0.369 e. The zero-order chi connectivity index (χ0) is 23.8. The number of carbonyl (C=O) groups is 2. The molecule has 2 heterocycles. The molecular weight excluding hydrogens is 470 g/mol. The van der Waals surface area contributed by atoms with Gasteiger partial charge in [0, 0.05) is 66.1 Å². The molecule has 9 heteroatoms. The first-order valence-corrected chi connectivity index (χ1v) is 12.5. The second-order valence-corrected chi connectivity index (χ2v) is 9.50. The van der Waals surface area contributed by atoms with Crippen molar-refractivity contribution in [1.29, 1.82) is 0 Å². The van der Waals surface area contributed by atoms with E-state index in [0.29, 0.717) is 24.3 Å². The van der Waals surface area contributed by atoms with E-state index in [-0.39, 0.29) is 11.9 Å². The van der Waals surface area contributed by atoms with Gasteiger partial charge in [-0.3, -0.25) is 9.69 Å². The van der Waals surface area contributed by atoms with E-state index in [4.69, 9.17) is 11.6 Å². The van der Waals surface area contributed by atoms with Crippen LogP contribution in [0.4, 0.5) is 16.2 Å². The van der Waals surface area contributed by atoms with Crippen molar-refractivity contribution in [3.05, 3.63) is 81.5 Å². The molecule has 0 aliphatic carbocycles. The molecule has 4 rings (SSSR count). The Bertz CT molecular complexity index is 1100. The number of benzene rings is 2. The molecule has 0 atom stereocenters. The summed E-state index contributed by atoms with van der Waals surface area (Å²) in [5.41, 5.74) is 2.23. The predicted molar refractivity (Wildman–Crippen MR) is 139 cm³/mol. The smallest absolute Gasteiger partial charge is 0.319 e. The number of hydrogen-bond donors (Lipinski definition) is 3. The summed E-state index contributed by atoms with van der Waals surface area (Å²) < 4.78 is 0. The van der Waals surface area contributed by atoms with Crippen molar-refractivity contribution < 1.29 is 9.59 Å². The van der Waals surface area contributed by atoms with Crippen LogP contribution < -0.4 is 20.9 Å².